The highest BCUT2D eigenvalue weighted by Crippen LogP contribution is 2.33. The quantitative estimate of drug-likeness (QED) is 0.815. The third-order valence-corrected chi connectivity index (χ3v) is 4.21. The van der Waals surface area contributed by atoms with Crippen LogP contribution in [0, 0.1) is 5.92 Å². The topological polar surface area (TPSA) is 38.0 Å². The van der Waals surface area contributed by atoms with Gasteiger partial charge in [-0.2, -0.15) is 13.2 Å². The minimum absolute atomic E-state index is 0.0206. The first-order valence-corrected chi connectivity index (χ1v) is 7.46. The van der Waals surface area contributed by atoms with Crippen molar-refractivity contribution < 1.29 is 13.2 Å². The van der Waals surface area contributed by atoms with Crippen molar-refractivity contribution in [1.29, 1.82) is 0 Å². The van der Waals surface area contributed by atoms with Crippen LogP contribution in [0.3, 0.4) is 0 Å². The van der Waals surface area contributed by atoms with Crippen molar-refractivity contribution in [2.24, 2.45) is 11.7 Å². The molecule has 1 aliphatic rings. The van der Waals surface area contributed by atoms with E-state index in [0.717, 1.165) is 37.8 Å². The minimum atomic E-state index is -4.39. The Balaban J connectivity index is 2.21. The summed E-state index contributed by atoms with van der Waals surface area (Å²) in [6.07, 6.45) is -0.113. The van der Waals surface area contributed by atoms with Gasteiger partial charge in [-0.05, 0) is 49.8 Å². The molecule has 1 aromatic rings. The molecule has 6 heteroatoms. The molecule has 0 aliphatic heterocycles. The van der Waals surface area contributed by atoms with Crippen molar-refractivity contribution in [3.63, 3.8) is 0 Å². The Hall–Kier alpha value is -1.30. The number of rotatable bonds is 3. The van der Waals surface area contributed by atoms with Gasteiger partial charge in [-0.25, -0.2) is 0 Å². The van der Waals surface area contributed by atoms with Gasteiger partial charge in [-0.1, -0.05) is 19.1 Å². The summed E-state index contributed by atoms with van der Waals surface area (Å²) >= 11 is 4.89. The maximum Gasteiger partial charge on any atom is 0.416 e. The second-order valence-electron chi connectivity index (χ2n) is 5.72. The number of anilines is 1. The average Bonchev–Trinajstić information content (AvgIpc) is 2.40. The average molecular weight is 316 g/mol. The predicted molar refractivity (Wildman–Crippen MR) is 82.4 cm³/mol. The van der Waals surface area contributed by atoms with Gasteiger partial charge in [0.25, 0.3) is 0 Å². The smallest absolute Gasteiger partial charge is 0.389 e. The van der Waals surface area contributed by atoms with E-state index in [4.69, 9.17) is 18.0 Å². The van der Waals surface area contributed by atoms with Crippen LogP contribution in [-0.2, 0) is 6.18 Å². The highest BCUT2D eigenvalue weighted by atomic mass is 32.1. The van der Waals surface area contributed by atoms with Gasteiger partial charge in [-0.3, -0.25) is 0 Å². The zero-order valence-corrected chi connectivity index (χ0v) is 12.7. The van der Waals surface area contributed by atoms with E-state index in [0.29, 0.717) is 11.6 Å². The molecule has 1 aliphatic carbocycles. The third-order valence-electron chi connectivity index (χ3n) is 3.99. The van der Waals surface area contributed by atoms with E-state index in [1.807, 2.05) is 0 Å². The molecule has 0 saturated heterocycles. The molecule has 1 aromatic carbocycles. The molecule has 1 fully saturated rings. The monoisotopic (exact) mass is 316 g/mol. The van der Waals surface area contributed by atoms with Gasteiger partial charge in [0.1, 0.15) is 4.99 Å². The Labute approximate surface area is 127 Å². The molecular formula is C15H19F3N2S. The summed E-state index contributed by atoms with van der Waals surface area (Å²) in [5, 5.41) is 3.30. The van der Waals surface area contributed by atoms with Crippen LogP contribution in [0.5, 0.6) is 0 Å². The van der Waals surface area contributed by atoms with Gasteiger partial charge in [0.2, 0.25) is 0 Å². The molecule has 0 unspecified atom stereocenters. The lowest BCUT2D eigenvalue weighted by atomic mass is 9.87. The van der Waals surface area contributed by atoms with Gasteiger partial charge in [0.05, 0.1) is 5.56 Å². The normalized spacial score (nSPS) is 22.9. The first kappa shape index (κ1) is 16.1. The summed E-state index contributed by atoms with van der Waals surface area (Å²) in [4.78, 5) is -0.0206. The van der Waals surface area contributed by atoms with Gasteiger partial charge < -0.3 is 11.1 Å². The van der Waals surface area contributed by atoms with E-state index in [1.165, 1.54) is 6.07 Å². The molecule has 0 bridgehead atoms. The molecule has 2 nitrogen and oxygen atoms in total. The van der Waals surface area contributed by atoms with Crippen LogP contribution < -0.4 is 11.1 Å². The predicted octanol–water partition coefficient (Wildman–Crippen LogP) is 4.33. The summed E-state index contributed by atoms with van der Waals surface area (Å²) in [6, 6.07) is 3.78. The minimum Gasteiger partial charge on any atom is -0.389 e. The molecule has 2 rings (SSSR count). The van der Waals surface area contributed by atoms with Crippen LogP contribution in [0.25, 0.3) is 0 Å². The highest BCUT2D eigenvalue weighted by Gasteiger charge is 2.31. The van der Waals surface area contributed by atoms with Crippen molar-refractivity contribution in [3.8, 4) is 0 Å². The first-order valence-electron chi connectivity index (χ1n) is 7.05. The Morgan fingerprint density at radius 3 is 2.38 bits per heavy atom. The molecule has 116 valence electrons. The van der Waals surface area contributed by atoms with Gasteiger partial charge in [0.15, 0.2) is 0 Å². The van der Waals surface area contributed by atoms with Gasteiger partial charge in [-0.15, -0.1) is 0 Å². The molecule has 0 amide bonds. The Morgan fingerprint density at radius 1 is 1.24 bits per heavy atom. The maximum absolute atomic E-state index is 12.8. The number of halogens is 3. The fraction of sp³-hybridized carbons (Fsp3) is 0.533. The Kier molecular flexibility index (Phi) is 4.76. The summed E-state index contributed by atoms with van der Waals surface area (Å²) in [7, 11) is 0. The van der Waals surface area contributed by atoms with Crippen molar-refractivity contribution in [1.82, 2.24) is 0 Å². The largest absolute Gasteiger partial charge is 0.416 e. The van der Waals surface area contributed by atoms with E-state index in [-0.39, 0.29) is 16.6 Å². The summed E-state index contributed by atoms with van der Waals surface area (Å²) in [5.41, 5.74) is 5.70. The zero-order valence-electron chi connectivity index (χ0n) is 11.8. The highest BCUT2D eigenvalue weighted by molar-refractivity contribution is 7.80. The molecule has 0 atom stereocenters. The Bertz CT molecular complexity index is 520. The number of thiocarbonyl (C=S) groups is 1. The number of hydrogen-bond donors (Lipinski definition) is 2. The molecule has 0 heterocycles. The van der Waals surface area contributed by atoms with Crippen LogP contribution in [0.2, 0.25) is 0 Å². The standard InChI is InChI=1S/C15H19F3N2S/c1-9-2-5-11(6-3-9)20-13-7-4-10(15(16,17)18)8-12(13)14(19)21/h4,7-9,11,20H,2-3,5-6H2,1H3,(H2,19,21). The lowest BCUT2D eigenvalue weighted by Crippen LogP contribution is -2.27. The fourth-order valence-electron chi connectivity index (χ4n) is 2.67. The molecule has 3 N–H and O–H groups in total. The second-order valence-corrected chi connectivity index (χ2v) is 6.16. The molecule has 0 spiro atoms. The molecule has 0 radical (unpaired) electrons. The first-order chi connectivity index (χ1) is 9.77. The lowest BCUT2D eigenvalue weighted by Gasteiger charge is -2.28. The number of nitrogens with two attached hydrogens (primary N) is 1. The van der Waals surface area contributed by atoms with Crippen LogP contribution in [0.4, 0.5) is 18.9 Å². The number of benzene rings is 1. The van der Waals surface area contributed by atoms with Crippen molar-refractivity contribution in [2.45, 2.75) is 44.8 Å². The molecular weight excluding hydrogens is 297 g/mol. The van der Waals surface area contributed by atoms with Crippen molar-refractivity contribution in [3.05, 3.63) is 29.3 Å². The Morgan fingerprint density at radius 2 is 1.86 bits per heavy atom. The zero-order chi connectivity index (χ0) is 15.6. The number of alkyl halides is 3. The van der Waals surface area contributed by atoms with E-state index >= 15 is 0 Å². The van der Waals surface area contributed by atoms with E-state index in [1.54, 1.807) is 0 Å². The summed E-state index contributed by atoms with van der Waals surface area (Å²) in [6.45, 7) is 2.22. The van der Waals surface area contributed by atoms with E-state index < -0.39 is 11.7 Å². The van der Waals surface area contributed by atoms with Crippen LogP contribution in [-0.4, -0.2) is 11.0 Å². The van der Waals surface area contributed by atoms with Gasteiger partial charge in [0, 0.05) is 17.3 Å². The fourth-order valence-corrected chi connectivity index (χ4v) is 2.84. The SMILES string of the molecule is CC1CCC(Nc2ccc(C(F)(F)F)cc2C(N)=S)CC1. The van der Waals surface area contributed by atoms with E-state index in [2.05, 4.69) is 12.2 Å². The lowest BCUT2D eigenvalue weighted by molar-refractivity contribution is -0.137. The molecule has 21 heavy (non-hydrogen) atoms. The maximum atomic E-state index is 12.8. The third kappa shape index (κ3) is 4.09. The van der Waals surface area contributed by atoms with Crippen LogP contribution >= 0.6 is 12.2 Å². The van der Waals surface area contributed by atoms with Crippen molar-refractivity contribution in [2.75, 3.05) is 5.32 Å². The van der Waals surface area contributed by atoms with E-state index in [9.17, 15) is 13.2 Å². The summed E-state index contributed by atoms with van der Waals surface area (Å²) in [5.74, 6) is 0.714. The molecule has 1 saturated carbocycles. The van der Waals surface area contributed by atoms with Crippen LogP contribution in [0.1, 0.15) is 43.7 Å². The van der Waals surface area contributed by atoms with Gasteiger partial charge >= 0.3 is 6.18 Å². The number of hydrogen-bond acceptors (Lipinski definition) is 2. The van der Waals surface area contributed by atoms with Crippen LogP contribution in [0.15, 0.2) is 18.2 Å². The number of nitrogens with one attached hydrogen (secondary N) is 1. The summed E-state index contributed by atoms with van der Waals surface area (Å²) < 4.78 is 38.3. The second kappa shape index (κ2) is 6.22. The molecule has 0 aromatic heterocycles. The van der Waals surface area contributed by atoms with Crippen molar-refractivity contribution >= 4 is 22.9 Å².